The summed E-state index contributed by atoms with van der Waals surface area (Å²) in [5.41, 5.74) is 1.42. The number of fused-ring (bicyclic) bond motifs is 1. The minimum absolute atomic E-state index is 0.326. The molecule has 150 valence electrons. The second-order valence-electron chi connectivity index (χ2n) is 6.38. The first-order valence-electron chi connectivity index (χ1n) is 9.67. The van der Waals surface area contributed by atoms with E-state index in [0.717, 1.165) is 28.8 Å². The molecule has 5 nitrogen and oxygen atoms in total. The van der Waals surface area contributed by atoms with E-state index in [1.807, 2.05) is 35.8 Å². The van der Waals surface area contributed by atoms with Crippen molar-refractivity contribution >= 4 is 27.5 Å². The third kappa shape index (κ3) is 5.07. The van der Waals surface area contributed by atoms with E-state index in [1.165, 1.54) is 11.3 Å². The Labute approximate surface area is 174 Å². The van der Waals surface area contributed by atoms with Crippen molar-refractivity contribution in [3.05, 3.63) is 52.8 Å². The average Bonchev–Trinajstić information content (AvgIpc) is 3.05. The summed E-state index contributed by atoms with van der Waals surface area (Å²) in [6.45, 7) is 5.60. The zero-order chi connectivity index (χ0) is 20.6. The lowest BCUT2D eigenvalue weighted by molar-refractivity contribution is 0.0997. The van der Waals surface area contributed by atoms with Gasteiger partial charge in [-0.1, -0.05) is 36.7 Å². The van der Waals surface area contributed by atoms with E-state index in [9.17, 15) is 4.79 Å². The first-order chi connectivity index (χ1) is 14.2. The van der Waals surface area contributed by atoms with E-state index in [1.54, 1.807) is 18.2 Å². The molecular weight excluding hydrogens is 384 g/mol. The summed E-state index contributed by atoms with van der Waals surface area (Å²) < 4.78 is 14.1. The van der Waals surface area contributed by atoms with Crippen molar-refractivity contribution in [2.45, 2.75) is 33.2 Å². The van der Waals surface area contributed by atoms with Gasteiger partial charge in [0, 0.05) is 5.56 Å². The molecule has 0 saturated heterocycles. The van der Waals surface area contributed by atoms with Crippen molar-refractivity contribution in [1.29, 1.82) is 0 Å². The molecule has 0 unspecified atom stereocenters. The molecule has 3 aromatic rings. The molecule has 3 rings (SSSR count). The van der Waals surface area contributed by atoms with Gasteiger partial charge in [0.2, 0.25) is 0 Å². The van der Waals surface area contributed by atoms with Gasteiger partial charge < -0.3 is 14.0 Å². The number of amides is 1. The number of aromatic nitrogens is 1. The first kappa shape index (κ1) is 20.7. The van der Waals surface area contributed by atoms with Crippen LogP contribution >= 0.6 is 11.3 Å². The van der Waals surface area contributed by atoms with Crippen LogP contribution in [0, 0.1) is 12.3 Å². The van der Waals surface area contributed by atoms with Gasteiger partial charge >= 0.3 is 0 Å². The van der Waals surface area contributed by atoms with Gasteiger partial charge in [0.25, 0.3) is 5.91 Å². The van der Waals surface area contributed by atoms with Crippen LogP contribution in [0.3, 0.4) is 0 Å². The fourth-order valence-corrected chi connectivity index (χ4v) is 3.90. The smallest absolute Gasteiger partial charge is 0.279 e. The van der Waals surface area contributed by atoms with Gasteiger partial charge in [0.1, 0.15) is 11.5 Å². The van der Waals surface area contributed by atoms with Crippen molar-refractivity contribution in [2.24, 2.45) is 4.99 Å². The van der Waals surface area contributed by atoms with Crippen molar-refractivity contribution in [1.82, 2.24) is 4.57 Å². The lowest BCUT2D eigenvalue weighted by Gasteiger charge is -2.06. The molecule has 0 saturated carbocycles. The molecule has 2 aromatic carbocycles. The van der Waals surface area contributed by atoms with Gasteiger partial charge in [-0.3, -0.25) is 4.79 Å². The number of hydrogen-bond acceptors (Lipinski definition) is 4. The van der Waals surface area contributed by atoms with Crippen LogP contribution in [0.2, 0.25) is 0 Å². The highest BCUT2D eigenvalue weighted by Gasteiger charge is 2.10. The molecule has 0 aliphatic heterocycles. The Morgan fingerprint density at radius 3 is 2.76 bits per heavy atom. The zero-order valence-electron chi connectivity index (χ0n) is 16.7. The molecular formula is C23H24N2O3S. The van der Waals surface area contributed by atoms with Gasteiger partial charge in [0.15, 0.2) is 4.80 Å². The van der Waals surface area contributed by atoms with Crippen molar-refractivity contribution < 1.29 is 14.3 Å². The predicted molar refractivity (Wildman–Crippen MR) is 117 cm³/mol. The highest BCUT2D eigenvalue weighted by atomic mass is 32.1. The lowest BCUT2D eigenvalue weighted by Crippen LogP contribution is -2.16. The molecule has 29 heavy (non-hydrogen) atoms. The number of carbonyl (C=O) groups excluding carboxylic acids is 1. The van der Waals surface area contributed by atoms with Crippen LogP contribution in [0.1, 0.15) is 37.0 Å². The van der Waals surface area contributed by atoms with E-state index >= 15 is 0 Å². The highest BCUT2D eigenvalue weighted by molar-refractivity contribution is 7.16. The lowest BCUT2D eigenvalue weighted by atomic mass is 10.2. The molecule has 0 radical (unpaired) electrons. The van der Waals surface area contributed by atoms with Crippen LogP contribution in [0.5, 0.6) is 11.5 Å². The maximum atomic E-state index is 12.8. The molecule has 0 bridgehead atoms. The minimum Gasteiger partial charge on any atom is -0.494 e. The summed E-state index contributed by atoms with van der Waals surface area (Å²) in [6.07, 6.45) is 7.57. The SMILES string of the molecule is C#CCn1c(=NC(=O)c2cccc(OCCCC)c2)sc2cc(OCC)ccc21. The van der Waals surface area contributed by atoms with E-state index in [2.05, 4.69) is 17.8 Å². The fraction of sp³-hybridized carbons (Fsp3) is 0.304. The quantitative estimate of drug-likeness (QED) is 0.403. The monoisotopic (exact) mass is 408 g/mol. The molecule has 1 aromatic heterocycles. The number of rotatable bonds is 8. The van der Waals surface area contributed by atoms with Crippen LogP contribution in [-0.4, -0.2) is 23.7 Å². The summed E-state index contributed by atoms with van der Waals surface area (Å²) >= 11 is 1.42. The van der Waals surface area contributed by atoms with E-state index in [-0.39, 0.29) is 5.91 Å². The molecule has 0 N–H and O–H groups in total. The molecule has 0 fully saturated rings. The fourth-order valence-electron chi connectivity index (χ4n) is 2.84. The molecule has 0 aliphatic carbocycles. The maximum absolute atomic E-state index is 12.8. The van der Waals surface area contributed by atoms with Gasteiger partial charge in [-0.15, -0.1) is 6.42 Å². The predicted octanol–water partition coefficient (Wildman–Crippen LogP) is 4.65. The molecule has 0 aliphatic rings. The number of carbonyl (C=O) groups is 1. The molecule has 0 spiro atoms. The Kier molecular flexibility index (Phi) is 7.09. The highest BCUT2D eigenvalue weighted by Crippen LogP contribution is 2.23. The Balaban J connectivity index is 1.96. The third-order valence-corrected chi connectivity index (χ3v) is 5.30. The summed E-state index contributed by atoms with van der Waals surface area (Å²) in [7, 11) is 0. The van der Waals surface area contributed by atoms with Gasteiger partial charge in [-0.25, -0.2) is 0 Å². The second-order valence-corrected chi connectivity index (χ2v) is 7.39. The second kappa shape index (κ2) is 9.94. The van der Waals surface area contributed by atoms with Crippen LogP contribution in [-0.2, 0) is 6.54 Å². The van der Waals surface area contributed by atoms with E-state index < -0.39 is 0 Å². The summed E-state index contributed by atoms with van der Waals surface area (Å²) in [5.74, 6) is 3.77. The molecule has 0 atom stereocenters. The van der Waals surface area contributed by atoms with Crippen molar-refractivity contribution in [3.63, 3.8) is 0 Å². The topological polar surface area (TPSA) is 52.8 Å². The largest absolute Gasteiger partial charge is 0.494 e. The first-order valence-corrected chi connectivity index (χ1v) is 10.5. The summed E-state index contributed by atoms with van der Waals surface area (Å²) in [5, 5.41) is 0. The zero-order valence-corrected chi connectivity index (χ0v) is 17.5. The van der Waals surface area contributed by atoms with Crippen LogP contribution in [0.25, 0.3) is 10.2 Å². The Morgan fingerprint density at radius 2 is 2.00 bits per heavy atom. The van der Waals surface area contributed by atoms with Gasteiger partial charge in [0.05, 0.1) is 30.0 Å². The van der Waals surface area contributed by atoms with E-state index in [0.29, 0.717) is 35.9 Å². The third-order valence-electron chi connectivity index (χ3n) is 4.26. The van der Waals surface area contributed by atoms with Crippen molar-refractivity contribution in [3.8, 4) is 23.8 Å². The number of nitrogens with zero attached hydrogens (tertiary/aromatic N) is 2. The van der Waals surface area contributed by atoms with Gasteiger partial charge in [-0.05, 0) is 49.7 Å². The number of thiazole rings is 1. The number of benzene rings is 2. The molecule has 6 heteroatoms. The number of terminal acetylenes is 1. The van der Waals surface area contributed by atoms with Crippen LogP contribution in [0.4, 0.5) is 0 Å². The normalized spacial score (nSPS) is 11.4. The summed E-state index contributed by atoms with van der Waals surface area (Å²) in [4.78, 5) is 17.7. The maximum Gasteiger partial charge on any atom is 0.279 e. The van der Waals surface area contributed by atoms with Gasteiger partial charge in [-0.2, -0.15) is 4.99 Å². The standard InChI is InChI=1S/C23H24N2O3S/c1-4-7-14-28-18-10-8-9-17(15-18)22(26)24-23-25(13-5-2)20-12-11-19(27-6-3)16-21(20)29-23/h2,8-12,15-16H,4,6-7,13-14H2,1,3H3. The summed E-state index contributed by atoms with van der Waals surface area (Å²) in [6, 6.07) is 12.9. The Bertz CT molecular complexity index is 1110. The molecule has 1 heterocycles. The Hall–Kier alpha value is -3.04. The van der Waals surface area contributed by atoms with E-state index in [4.69, 9.17) is 15.9 Å². The Morgan fingerprint density at radius 1 is 1.17 bits per heavy atom. The minimum atomic E-state index is -0.326. The van der Waals surface area contributed by atoms with Crippen LogP contribution in [0.15, 0.2) is 47.5 Å². The number of unbranched alkanes of at least 4 members (excludes halogenated alkanes) is 1. The number of ether oxygens (including phenoxy) is 2. The number of hydrogen-bond donors (Lipinski definition) is 0. The van der Waals surface area contributed by atoms with Crippen LogP contribution < -0.4 is 14.3 Å². The van der Waals surface area contributed by atoms with Crippen molar-refractivity contribution in [2.75, 3.05) is 13.2 Å². The average molecular weight is 409 g/mol. The molecule has 1 amide bonds.